The van der Waals surface area contributed by atoms with Crippen molar-refractivity contribution in [3.63, 3.8) is 0 Å². The van der Waals surface area contributed by atoms with Crippen molar-refractivity contribution in [2.24, 2.45) is 23.2 Å². The number of carbonyl (C=O) groups is 1. The van der Waals surface area contributed by atoms with Gasteiger partial charge in [0, 0.05) is 22.9 Å². The number of carbonyl (C=O) groups excluding carboxylic acids is 1. The van der Waals surface area contributed by atoms with Gasteiger partial charge in [-0.05, 0) is 86.8 Å². The number of urea groups is 1. The molecule has 0 radical (unpaired) electrons. The third-order valence-corrected chi connectivity index (χ3v) is 9.75. The first-order valence-corrected chi connectivity index (χ1v) is 13.5. The lowest BCUT2D eigenvalue weighted by atomic mass is 9.46. The van der Waals surface area contributed by atoms with Crippen LogP contribution in [-0.2, 0) is 0 Å². The zero-order chi connectivity index (χ0) is 25.3. The lowest BCUT2D eigenvalue weighted by molar-refractivity contribution is -0.135. The molecule has 7 heteroatoms. The number of benzene rings is 2. The van der Waals surface area contributed by atoms with Gasteiger partial charge in [0.25, 0.3) is 0 Å². The zero-order valence-electron chi connectivity index (χ0n) is 21.0. The number of halogens is 1. The molecule has 3 aromatic rings. The molecule has 4 atom stereocenters. The highest BCUT2D eigenvalue weighted by Crippen LogP contribution is 2.62. The second kappa shape index (κ2) is 8.42. The minimum atomic E-state index is -0.534. The van der Waals surface area contributed by atoms with E-state index < -0.39 is 6.10 Å². The predicted molar refractivity (Wildman–Crippen MR) is 139 cm³/mol. The summed E-state index contributed by atoms with van der Waals surface area (Å²) in [5.41, 5.74) is 4.25. The van der Waals surface area contributed by atoms with Gasteiger partial charge in [-0.2, -0.15) is 0 Å². The monoisotopic (exact) mass is 500 g/mol. The van der Waals surface area contributed by atoms with Gasteiger partial charge in [-0.3, -0.25) is 0 Å². The van der Waals surface area contributed by atoms with E-state index in [1.165, 1.54) is 6.07 Å². The molecule has 2 heterocycles. The highest BCUT2D eigenvalue weighted by molar-refractivity contribution is 5.89. The Morgan fingerprint density at radius 3 is 2.68 bits per heavy atom. The van der Waals surface area contributed by atoms with Gasteiger partial charge in [0.15, 0.2) is 0 Å². The SMILES string of the molecule is Cc1ccc(NC(=O)NC2C3CC4CC2CC(C(O)CC2c5c(F)cccc5-c5cncn52)(C4)C3)cc1. The fourth-order valence-electron chi connectivity index (χ4n) is 8.38. The van der Waals surface area contributed by atoms with Crippen LogP contribution in [0, 0.1) is 35.9 Å². The lowest BCUT2D eigenvalue weighted by Crippen LogP contribution is -2.62. The summed E-state index contributed by atoms with van der Waals surface area (Å²) in [6.07, 6.45) is 8.54. The third kappa shape index (κ3) is 3.69. The van der Waals surface area contributed by atoms with Crippen molar-refractivity contribution in [3.05, 3.63) is 71.9 Å². The molecule has 4 fully saturated rings. The number of nitrogens with zero attached hydrogens (tertiary/aromatic N) is 2. The van der Waals surface area contributed by atoms with Crippen LogP contribution < -0.4 is 10.6 Å². The van der Waals surface area contributed by atoms with Gasteiger partial charge in [-0.1, -0.05) is 29.8 Å². The fraction of sp³-hybridized carbons (Fsp3) is 0.467. The second-order valence-corrected chi connectivity index (χ2v) is 12.0. The molecular weight excluding hydrogens is 467 g/mol. The Balaban J connectivity index is 1.08. The predicted octanol–water partition coefficient (Wildman–Crippen LogP) is 5.67. The molecule has 2 amide bonds. The minimum Gasteiger partial charge on any atom is -0.392 e. The number of hydrogen-bond acceptors (Lipinski definition) is 3. The average Bonchev–Trinajstić information content (AvgIpc) is 3.46. The van der Waals surface area contributed by atoms with Crippen LogP contribution in [0.2, 0.25) is 0 Å². The Labute approximate surface area is 216 Å². The van der Waals surface area contributed by atoms with Crippen molar-refractivity contribution in [2.45, 2.75) is 63.6 Å². The van der Waals surface area contributed by atoms with E-state index in [-0.39, 0.29) is 29.3 Å². The van der Waals surface area contributed by atoms with Crippen LogP contribution in [0.25, 0.3) is 11.3 Å². The number of amides is 2. The topological polar surface area (TPSA) is 79.2 Å². The molecule has 4 aliphatic carbocycles. The van der Waals surface area contributed by atoms with E-state index in [1.54, 1.807) is 18.6 Å². The van der Waals surface area contributed by atoms with E-state index in [0.717, 1.165) is 54.6 Å². The highest BCUT2D eigenvalue weighted by Gasteiger charge is 2.58. The van der Waals surface area contributed by atoms with Gasteiger partial charge in [-0.25, -0.2) is 14.2 Å². The number of nitrogens with one attached hydrogen (secondary N) is 2. The van der Waals surface area contributed by atoms with Crippen LogP contribution in [-0.4, -0.2) is 32.8 Å². The first-order chi connectivity index (χ1) is 17.9. The molecule has 3 N–H and O–H groups in total. The summed E-state index contributed by atoms with van der Waals surface area (Å²) in [6.45, 7) is 2.03. The molecule has 1 aliphatic heterocycles. The van der Waals surface area contributed by atoms with Gasteiger partial charge >= 0.3 is 6.03 Å². The number of imidazole rings is 1. The maximum absolute atomic E-state index is 15.0. The van der Waals surface area contributed by atoms with Crippen LogP contribution in [0.4, 0.5) is 14.9 Å². The highest BCUT2D eigenvalue weighted by atomic mass is 19.1. The van der Waals surface area contributed by atoms with Crippen molar-refractivity contribution < 1.29 is 14.3 Å². The number of anilines is 1. The smallest absolute Gasteiger partial charge is 0.319 e. The first-order valence-electron chi connectivity index (χ1n) is 13.5. The van der Waals surface area contributed by atoms with Gasteiger partial charge in [0.2, 0.25) is 0 Å². The minimum absolute atomic E-state index is 0.132. The molecule has 4 saturated carbocycles. The number of hydrogen-bond donors (Lipinski definition) is 3. The van der Waals surface area contributed by atoms with Crippen molar-refractivity contribution in [3.8, 4) is 11.3 Å². The molecule has 192 valence electrons. The fourth-order valence-corrected chi connectivity index (χ4v) is 8.38. The Bertz CT molecular complexity index is 1340. The van der Waals surface area contributed by atoms with E-state index in [2.05, 4.69) is 15.6 Å². The molecule has 4 unspecified atom stereocenters. The second-order valence-electron chi connectivity index (χ2n) is 12.0. The summed E-state index contributed by atoms with van der Waals surface area (Å²) in [4.78, 5) is 17.2. The summed E-state index contributed by atoms with van der Waals surface area (Å²) >= 11 is 0. The molecule has 8 rings (SSSR count). The number of fused-ring (bicyclic) bond motifs is 3. The summed E-state index contributed by atoms with van der Waals surface area (Å²) in [7, 11) is 0. The molecule has 2 aromatic carbocycles. The van der Waals surface area contributed by atoms with Gasteiger partial charge in [0.1, 0.15) is 5.82 Å². The Kier molecular flexibility index (Phi) is 5.22. The maximum Gasteiger partial charge on any atom is 0.319 e. The standard InChI is InChI=1S/C30H33FN4O2/c1-17-5-7-21(8-6-17)33-29(37)34-28-19-9-18-10-20(28)14-30(12-18,13-19)26(36)11-24-27-22(3-2-4-23(27)31)25-15-32-16-35(24)25/h2-8,15-16,18-20,24,26,28,36H,9-14H2,1H3,(H2,33,34,37). The summed E-state index contributed by atoms with van der Waals surface area (Å²) < 4.78 is 17.0. The lowest BCUT2D eigenvalue weighted by Gasteiger charge is -2.61. The van der Waals surface area contributed by atoms with Gasteiger partial charge in [0.05, 0.1) is 30.4 Å². The normalized spacial score (nSPS) is 31.6. The van der Waals surface area contributed by atoms with E-state index in [9.17, 15) is 14.3 Å². The van der Waals surface area contributed by atoms with Crippen molar-refractivity contribution >= 4 is 11.7 Å². The van der Waals surface area contributed by atoms with E-state index in [0.29, 0.717) is 29.7 Å². The van der Waals surface area contributed by atoms with E-state index in [4.69, 9.17) is 0 Å². The molecule has 5 aliphatic rings. The number of rotatable bonds is 5. The van der Waals surface area contributed by atoms with E-state index >= 15 is 0 Å². The molecule has 6 nitrogen and oxygen atoms in total. The Morgan fingerprint density at radius 1 is 1.16 bits per heavy atom. The van der Waals surface area contributed by atoms with Crippen molar-refractivity contribution in [1.29, 1.82) is 0 Å². The van der Waals surface area contributed by atoms with Crippen LogP contribution in [0.1, 0.15) is 55.7 Å². The van der Waals surface area contributed by atoms with E-state index in [1.807, 2.05) is 41.8 Å². The van der Waals surface area contributed by atoms with Crippen LogP contribution in [0.5, 0.6) is 0 Å². The molecule has 1 aromatic heterocycles. The maximum atomic E-state index is 15.0. The largest absolute Gasteiger partial charge is 0.392 e. The first kappa shape index (κ1) is 23.0. The quantitative estimate of drug-likeness (QED) is 0.423. The number of aliphatic hydroxyl groups excluding tert-OH is 1. The van der Waals surface area contributed by atoms with Crippen LogP contribution in [0.15, 0.2) is 55.0 Å². The molecular formula is C30H33FN4O2. The average molecular weight is 501 g/mol. The van der Waals surface area contributed by atoms with Crippen LogP contribution >= 0.6 is 0 Å². The van der Waals surface area contributed by atoms with Gasteiger partial charge < -0.3 is 20.3 Å². The molecule has 4 bridgehead atoms. The Morgan fingerprint density at radius 2 is 1.92 bits per heavy atom. The number of aryl methyl sites for hydroxylation is 1. The number of aromatic nitrogens is 2. The third-order valence-electron chi connectivity index (χ3n) is 9.75. The summed E-state index contributed by atoms with van der Waals surface area (Å²) in [5, 5.41) is 18.1. The summed E-state index contributed by atoms with van der Waals surface area (Å²) in [5.74, 6) is 1.09. The van der Waals surface area contributed by atoms with Crippen molar-refractivity contribution in [1.82, 2.24) is 14.9 Å². The van der Waals surface area contributed by atoms with Crippen molar-refractivity contribution in [2.75, 3.05) is 5.32 Å². The molecule has 0 spiro atoms. The summed E-state index contributed by atoms with van der Waals surface area (Å²) in [6, 6.07) is 12.8. The molecule has 37 heavy (non-hydrogen) atoms. The van der Waals surface area contributed by atoms with Crippen LogP contribution in [0.3, 0.4) is 0 Å². The van der Waals surface area contributed by atoms with Gasteiger partial charge in [-0.15, -0.1) is 0 Å². The Hall–Kier alpha value is -3.19. The zero-order valence-corrected chi connectivity index (χ0v) is 21.0. The number of aliphatic hydroxyl groups is 1. The molecule has 0 saturated heterocycles.